The van der Waals surface area contributed by atoms with E-state index in [1.54, 1.807) is 54.7 Å². The van der Waals surface area contributed by atoms with E-state index in [4.69, 9.17) is 4.74 Å². The van der Waals surface area contributed by atoms with E-state index in [-0.39, 0.29) is 4.90 Å². The summed E-state index contributed by atoms with van der Waals surface area (Å²) in [7, 11) is -3.64. The monoisotopic (exact) mass is 327 g/mol. The number of nitrogens with zero attached hydrogens (tertiary/aromatic N) is 1. The zero-order chi connectivity index (χ0) is 16.4. The second-order valence-electron chi connectivity index (χ2n) is 5.22. The summed E-state index contributed by atoms with van der Waals surface area (Å²) < 4.78 is 32.6. The van der Waals surface area contributed by atoms with Crippen LogP contribution < -0.4 is 4.74 Å². The number of ether oxygens (including phenoxy) is 1. The first kappa shape index (κ1) is 15.4. The van der Waals surface area contributed by atoms with Gasteiger partial charge in [-0.2, -0.15) is 0 Å². The predicted molar refractivity (Wildman–Crippen MR) is 91.4 cm³/mol. The van der Waals surface area contributed by atoms with E-state index < -0.39 is 10.0 Å². The molecule has 0 saturated heterocycles. The smallest absolute Gasteiger partial charge is 0.268 e. The first-order valence-corrected chi connectivity index (χ1v) is 8.64. The Hall–Kier alpha value is -2.53. The highest BCUT2D eigenvalue weighted by atomic mass is 32.2. The van der Waals surface area contributed by atoms with E-state index in [0.717, 1.165) is 10.9 Å². The molecule has 0 aliphatic rings. The molecule has 0 bridgehead atoms. The minimum Gasteiger partial charge on any atom is -0.489 e. The van der Waals surface area contributed by atoms with E-state index in [1.165, 1.54) is 3.97 Å². The Morgan fingerprint density at radius 2 is 1.87 bits per heavy atom. The van der Waals surface area contributed by atoms with Crippen LogP contribution in [0.3, 0.4) is 0 Å². The second kappa shape index (κ2) is 5.93. The first-order valence-electron chi connectivity index (χ1n) is 7.20. The number of hydrogen-bond donors (Lipinski definition) is 0. The lowest BCUT2D eigenvalue weighted by atomic mass is 10.2. The zero-order valence-corrected chi connectivity index (χ0v) is 13.6. The number of benzene rings is 2. The van der Waals surface area contributed by atoms with Gasteiger partial charge in [0.25, 0.3) is 10.0 Å². The molecule has 3 rings (SSSR count). The van der Waals surface area contributed by atoms with E-state index in [9.17, 15) is 8.42 Å². The maximum absolute atomic E-state index is 12.9. The molecule has 0 amide bonds. The Morgan fingerprint density at radius 1 is 1.13 bits per heavy atom. The normalized spacial score (nSPS) is 11.5. The molecule has 3 aromatic rings. The van der Waals surface area contributed by atoms with Gasteiger partial charge in [-0.1, -0.05) is 36.4 Å². The number of rotatable bonds is 5. The standard InChI is InChI=1S/C18H17NO3S/c1-3-13-22-18-6-4-5-17-16(18)11-12-19(17)23(20,21)15-9-7-14(2)8-10-15/h3-12H,1,13H2,2H3. The van der Waals surface area contributed by atoms with E-state index in [2.05, 4.69) is 6.58 Å². The van der Waals surface area contributed by atoms with E-state index >= 15 is 0 Å². The Balaban J connectivity index is 2.13. The SMILES string of the molecule is C=CCOc1cccc2c1ccn2S(=O)(=O)c1ccc(C)cc1. The maximum Gasteiger partial charge on any atom is 0.268 e. The van der Waals surface area contributed by atoms with Crippen LogP contribution >= 0.6 is 0 Å². The number of fused-ring (bicyclic) bond motifs is 1. The summed E-state index contributed by atoms with van der Waals surface area (Å²) in [6.07, 6.45) is 3.21. The lowest BCUT2D eigenvalue weighted by molar-refractivity contribution is 0.367. The summed E-state index contributed by atoms with van der Waals surface area (Å²) in [5.74, 6) is 0.639. The third kappa shape index (κ3) is 2.75. The Bertz CT molecular complexity index is 954. The Kier molecular flexibility index (Phi) is 3.96. The first-order chi connectivity index (χ1) is 11.0. The highest BCUT2D eigenvalue weighted by Gasteiger charge is 2.19. The van der Waals surface area contributed by atoms with Gasteiger partial charge in [0.05, 0.1) is 10.4 Å². The molecule has 4 nitrogen and oxygen atoms in total. The topological polar surface area (TPSA) is 48.3 Å². The number of aromatic nitrogens is 1. The van der Waals surface area contributed by atoms with Crippen LogP contribution in [0.1, 0.15) is 5.56 Å². The van der Waals surface area contributed by atoms with Crippen LogP contribution in [0, 0.1) is 6.92 Å². The van der Waals surface area contributed by atoms with Crippen molar-refractivity contribution in [2.45, 2.75) is 11.8 Å². The number of hydrogen-bond acceptors (Lipinski definition) is 3. The van der Waals surface area contributed by atoms with Gasteiger partial charge < -0.3 is 4.74 Å². The molecule has 0 radical (unpaired) electrons. The predicted octanol–water partition coefficient (Wildman–Crippen LogP) is 3.75. The Labute approximate surface area is 135 Å². The minimum atomic E-state index is -3.64. The highest BCUT2D eigenvalue weighted by Crippen LogP contribution is 2.29. The van der Waals surface area contributed by atoms with Crippen molar-refractivity contribution in [3.63, 3.8) is 0 Å². The molecule has 1 aromatic heterocycles. The van der Waals surface area contributed by atoms with Crippen molar-refractivity contribution in [2.24, 2.45) is 0 Å². The van der Waals surface area contributed by atoms with Gasteiger partial charge in [0.15, 0.2) is 0 Å². The fourth-order valence-electron chi connectivity index (χ4n) is 2.42. The highest BCUT2D eigenvalue weighted by molar-refractivity contribution is 7.90. The van der Waals surface area contributed by atoms with Gasteiger partial charge in [-0.3, -0.25) is 0 Å². The lowest BCUT2D eigenvalue weighted by Gasteiger charge is -2.09. The average molecular weight is 327 g/mol. The molecule has 2 aromatic carbocycles. The minimum absolute atomic E-state index is 0.262. The van der Waals surface area contributed by atoms with Crippen LogP contribution in [0.4, 0.5) is 0 Å². The van der Waals surface area contributed by atoms with Crippen molar-refractivity contribution in [1.29, 1.82) is 0 Å². The molecular formula is C18H17NO3S. The Morgan fingerprint density at radius 3 is 2.57 bits per heavy atom. The molecule has 0 saturated carbocycles. The van der Waals surface area contributed by atoms with Gasteiger partial charge in [-0.05, 0) is 37.3 Å². The fourth-order valence-corrected chi connectivity index (χ4v) is 3.77. The summed E-state index contributed by atoms with van der Waals surface area (Å²) in [4.78, 5) is 0.262. The second-order valence-corrected chi connectivity index (χ2v) is 7.03. The molecule has 0 spiro atoms. The summed E-state index contributed by atoms with van der Waals surface area (Å²) >= 11 is 0. The molecule has 1 heterocycles. The van der Waals surface area contributed by atoms with Gasteiger partial charge in [0.1, 0.15) is 12.4 Å². The van der Waals surface area contributed by atoms with Crippen molar-refractivity contribution in [3.05, 3.63) is 72.9 Å². The quantitative estimate of drug-likeness (QED) is 0.671. The average Bonchev–Trinajstić information content (AvgIpc) is 2.98. The molecule has 0 aliphatic carbocycles. The summed E-state index contributed by atoms with van der Waals surface area (Å²) in [5, 5.41) is 0.755. The van der Waals surface area contributed by atoms with Crippen molar-refractivity contribution in [1.82, 2.24) is 3.97 Å². The molecule has 23 heavy (non-hydrogen) atoms. The zero-order valence-electron chi connectivity index (χ0n) is 12.8. The van der Waals surface area contributed by atoms with Crippen LogP contribution in [0.15, 0.2) is 72.3 Å². The summed E-state index contributed by atoms with van der Waals surface area (Å²) in [6, 6.07) is 13.9. The number of aryl methyl sites for hydroxylation is 1. The van der Waals surface area contributed by atoms with Crippen molar-refractivity contribution < 1.29 is 13.2 Å². The molecular weight excluding hydrogens is 310 g/mol. The molecule has 0 N–H and O–H groups in total. The molecule has 0 aliphatic heterocycles. The van der Waals surface area contributed by atoms with Gasteiger partial charge in [0, 0.05) is 11.6 Å². The molecule has 0 unspecified atom stereocenters. The molecule has 5 heteroatoms. The molecule has 0 atom stereocenters. The van der Waals surface area contributed by atoms with Crippen LogP contribution in [0.2, 0.25) is 0 Å². The van der Waals surface area contributed by atoms with E-state index in [0.29, 0.717) is 17.9 Å². The van der Waals surface area contributed by atoms with Crippen LogP contribution in [0.5, 0.6) is 5.75 Å². The third-order valence-corrected chi connectivity index (χ3v) is 5.30. The third-order valence-electron chi connectivity index (χ3n) is 3.59. The van der Waals surface area contributed by atoms with Crippen molar-refractivity contribution in [2.75, 3.05) is 6.61 Å². The van der Waals surface area contributed by atoms with Gasteiger partial charge in [-0.15, -0.1) is 0 Å². The van der Waals surface area contributed by atoms with Crippen LogP contribution in [-0.2, 0) is 10.0 Å². The summed E-state index contributed by atoms with van der Waals surface area (Å²) in [5.41, 5.74) is 1.61. The largest absolute Gasteiger partial charge is 0.489 e. The van der Waals surface area contributed by atoms with Crippen molar-refractivity contribution >= 4 is 20.9 Å². The molecule has 118 valence electrons. The lowest BCUT2D eigenvalue weighted by Crippen LogP contribution is -2.11. The maximum atomic E-state index is 12.9. The van der Waals surface area contributed by atoms with Gasteiger partial charge >= 0.3 is 0 Å². The van der Waals surface area contributed by atoms with E-state index in [1.807, 2.05) is 13.0 Å². The van der Waals surface area contributed by atoms with Crippen LogP contribution in [0.25, 0.3) is 10.9 Å². The summed E-state index contributed by atoms with van der Waals surface area (Å²) in [6.45, 7) is 5.91. The fraction of sp³-hybridized carbons (Fsp3) is 0.111. The van der Waals surface area contributed by atoms with Gasteiger partial charge in [0.2, 0.25) is 0 Å². The van der Waals surface area contributed by atoms with Crippen LogP contribution in [-0.4, -0.2) is 19.0 Å². The van der Waals surface area contributed by atoms with Gasteiger partial charge in [-0.25, -0.2) is 12.4 Å². The molecule has 0 fully saturated rings. The van der Waals surface area contributed by atoms with Crippen molar-refractivity contribution in [3.8, 4) is 5.75 Å².